The molecule has 0 fully saturated rings. The fourth-order valence-corrected chi connectivity index (χ4v) is 1.80. The molecule has 0 saturated carbocycles. The molecule has 0 atom stereocenters. The SMILES string of the molecule is Fc1c(SC(F)(F)F)ccnc1I. The Kier molecular flexibility index (Phi) is 3.38. The third-order valence-electron chi connectivity index (χ3n) is 1.04. The van der Waals surface area contributed by atoms with Crippen LogP contribution in [0.2, 0.25) is 0 Å². The van der Waals surface area contributed by atoms with Gasteiger partial charge in [-0.25, -0.2) is 9.37 Å². The number of nitrogens with zero attached hydrogens (tertiary/aromatic N) is 1. The van der Waals surface area contributed by atoms with Gasteiger partial charge in [-0.1, -0.05) is 0 Å². The van der Waals surface area contributed by atoms with Gasteiger partial charge in [0, 0.05) is 6.20 Å². The zero-order chi connectivity index (χ0) is 10.1. The topological polar surface area (TPSA) is 12.9 Å². The van der Waals surface area contributed by atoms with Gasteiger partial charge in [0.1, 0.15) is 3.70 Å². The van der Waals surface area contributed by atoms with E-state index in [0.717, 1.165) is 12.3 Å². The smallest absolute Gasteiger partial charge is 0.247 e. The van der Waals surface area contributed by atoms with E-state index in [1.807, 2.05) is 0 Å². The quantitative estimate of drug-likeness (QED) is 0.340. The maximum Gasteiger partial charge on any atom is 0.446 e. The minimum atomic E-state index is -4.47. The summed E-state index contributed by atoms with van der Waals surface area (Å²) < 4.78 is 48.4. The minimum absolute atomic E-state index is 0.0631. The van der Waals surface area contributed by atoms with Crippen LogP contribution in [0.4, 0.5) is 17.6 Å². The first kappa shape index (κ1) is 11.0. The molecule has 0 N–H and O–H groups in total. The largest absolute Gasteiger partial charge is 0.446 e. The lowest BCUT2D eigenvalue weighted by Gasteiger charge is -2.06. The molecular weight excluding hydrogens is 321 g/mol. The summed E-state index contributed by atoms with van der Waals surface area (Å²) in [6.45, 7) is 0. The Morgan fingerprint density at radius 1 is 1.38 bits per heavy atom. The van der Waals surface area contributed by atoms with Gasteiger partial charge in [0.05, 0.1) is 4.90 Å². The van der Waals surface area contributed by atoms with Crippen molar-refractivity contribution in [3.05, 3.63) is 21.8 Å². The van der Waals surface area contributed by atoms with Crippen molar-refractivity contribution < 1.29 is 17.6 Å². The predicted molar refractivity (Wildman–Crippen MR) is 48.8 cm³/mol. The van der Waals surface area contributed by atoms with Gasteiger partial charge in [0.25, 0.3) is 0 Å². The first-order valence-electron chi connectivity index (χ1n) is 2.96. The molecule has 0 aromatic carbocycles. The first-order valence-corrected chi connectivity index (χ1v) is 4.85. The molecule has 13 heavy (non-hydrogen) atoms. The van der Waals surface area contributed by atoms with Crippen molar-refractivity contribution in [1.82, 2.24) is 4.98 Å². The average molecular weight is 323 g/mol. The van der Waals surface area contributed by atoms with E-state index >= 15 is 0 Å². The molecule has 0 unspecified atom stereocenters. The number of rotatable bonds is 1. The predicted octanol–water partition coefficient (Wildman–Crippen LogP) is 3.44. The van der Waals surface area contributed by atoms with E-state index in [9.17, 15) is 17.6 Å². The van der Waals surface area contributed by atoms with Crippen molar-refractivity contribution in [3.63, 3.8) is 0 Å². The van der Waals surface area contributed by atoms with Gasteiger partial charge >= 0.3 is 5.51 Å². The lowest BCUT2D eigenvalue weighted by molar-refractivity contribution is -0.0329. The minimum Gasteiger partial charge on any atom is -0.247 e. The zero-order valence-corrected chi connectivity index (χ0v) is 8.87. The number of hydrogen-bond donors (Lipinski definition) is 0. The van der Waals surface area contributed by atoms with Crippen LogP contribution >= 0.6 is 34.4 Å². The summed E-state index contributed by atoms with van der Waals surface area (Å²) in [5, 5.41) is 0. The first-order chi connectivity index (χ1) is 5.90. The summed E-state index contributed by atoms with van der Waals surface area (Å²) in [6.07, 6.45) is 1.14. The highest BCUT2D eigenvalue weighted by molar-refractivity contribution is 14.1. The molecule has 72 valence electrons. The van der Waals surface area contributed by atoms with Gasteiger partial charge in [0.15, 0.2) is 5.82 Å². The molecule has 1 aromatic heterocycles. The van der Waals surface area contributed by atoms with Gasteiger partial charge in [0.2, 0.25) is 0 Å². The summed E-state index contributed by atoms with van der Waals surface area (Å²) in [5.74, 6) is -0.926. The standard InChI is InChI=1S/C6H2F4INS/c7-4-3(13-6(8,9)10)1-2-12-5(4)11/h1-2H. The Balaban J connectivity index is 2.96. The van der Waals surface area contributed by atoms with E-state index in [2.05, 4.69) is 4.98 Å². The normalized spacial score (nSPS) is 11.8. The highest BCUT2D eigenvalue weighted by atomic mass is 127. The molecule has 0 amide bonds. The maximum absolute atomic E-state index is 12.9. The Labute approximate surface area is 89.1 Å². The highest BCUT2D eigenvalue weighted by Gasteiger charge is 2.31. The number of aromatic nitrogens is 1. The number of halogens is 5. The lowest BCUT2D eigenvalue weighted by atomic mass is 10.5. The lowest BCUT2D eigenvalue weighted by Crippen LogP contribution is -2.01. The van der Waals surface area contributed by atoms with Crippen molar-refractivity contribution in [2.24, 2.45) is 0 Å². The number of hydrogen-bond acceptors (Lipinski definition) is 2. The molecule has 1 nitrogen and oxygen atoms in total. The molecule has 0 aliphatic carbocycles. The average Bonchev–Trinajstić information content (AvgIpc) is 1.96. The van der Waals surface area contributed by atoms with Crippen LogP contribution in [0.5, 0.6) is 0 Å². The summed E-state index contributed by atoms with van der Waals surface area (Å²) in [7, 11) is 0. The highest BCUT2D eigenvalue weighted by Crippen LogP contribution is 2.38. The van der Waals surface area contributed by atoms with E-state index in [1.165, 1.54) is 22.6 Å². The summed E-state index contributed by atoms with van der Waals surface area (Å²) >= 11 is 1.06. The number of thioether (sulfide) groups is 1. The maximum atomic E-state index is 12.9. The second-order valence-corrected chi connectivity index (χ2v) is 4.09. The molecule has 1 heterocycles. The zero-order valence-electron chi connectivity index (χ0n) is 5.90. The van der Waals surface area contributed by atoms with Crippen LogP contribution in [-0.4, -0.2) is 10.5 Å². The van der Waals surface area contributed by atoms with Crippen LogP contribution in [0.25, 0.3) is 0 Å². The summed E-state index contributed by atoms with van der Waals surface area (Å²) in [5.41, 5.74) is -4.47. The van der Waals surface area contributed by atoms with Crippen molar-refractivity contribution in [1.29, 1.82) is 0 Å². The molecule has 0 radical (unpaired) electrons. The van der Waals surface area contributed by atoms with E-state index < -0.39 is 28.0 Å². The van der Waals surface area contributed by atoms with Gasteiger partial charge in [-0.15, -0.1) is 0 Å². The van der Waals surface area contributed by atoms with Crippen LogP contribution < -0.4 is 0 Å². The molecule has 1 aromatic rings. The molecule has 0 bridgehead atoms. The molecular formula is C6H2F4INS. The Morgan fingerprint density at radius 2 is 2.00 bits per heavy atom. The molecule has 7 heteroatoms. The van der Waals surface area contributed by atoms with E-state index in [0.29, 0.717) is 0 Å². The molecule has 0 spiro atoms. The molecule has 0 aliphatic rings. The van der Waals surface area contributed by atoms with E-state index in [-0.39, 0.29) is 3.70 Å². The summed E-state index contributed by atoms with van der Waals surface area (Å²) in [6, 6.07) is 0.996. The van der Waals surface area contributed by atoms with E-state index in [4.69, 9.17) is 0 Å². The van der Waals surface area contributed by atoms with Gasteiger partial charge in [-0.3, -0.25) is 0 Å². The summed E-state index contributed by atoms with van der Waals surface area (Å²) in [4.78, 5) is 3.05. The number of pyridine rings is 1. The van der Waals surface area contributed by atoms with Gasteiger partial charge in [-0.05, 0) is 40.4 Å². The second-order valence-electron chi connectivity index (χ2n) is 1.96. The second kappa shape index (κ2) is 3.99. The van der Waals surface area contributed by atoms with Crippen LogP contribution in [0.3, 0.4) is 0 Å². The molecule has 0 saturated heterocycles. The van der Waals surface area contributed by atoms with Crippen LogP contribution in [0.15, 0.2) is 17.2 Å². The molecule has 1 rings (SSSR count). The Hall–Kier alpha value is -0.0500. The van der Waals surface area contributed by atoms with Crippen molar-refractivity contribution >= 4 is 34.4 Å². The third kappa shape index (κ3) is 3.29. The van der Waals surface area contributed by atoms with Gasteiger partial charge < -0.3 is 0 Å². The van der Waals surface area contributed by atoms with Crippen LogP contribution in [0.1, 0.15) is 0 Å². The fraction of sp³-hybridized carbons (Fsp3) is 0.167. The Morgan fingerprint density at radius 3 is 2.54 bits per heavy atom. The number of alkyl halides is 3. The van der Waals surface area contributed by atoms with Gasteiger partial charge in [-0.2, -0.15) is 13.2 Å². The Bertz CT molecular complexity index is 314. The van der Waals surface area contributed by atoms with Crippen molar-refractivity contribution in [2.75, 3.05) is 0 Å². The molecule has 0 aliphatic heterocycles. The van der Waals surface area contributed by atoms with Crippen LogP contribution in [0, 0.1) is 9.52 Å². The monoisotopic (exact) mass is 323 g/mol. The van der Waals surface area contributed by atoms with Crippen LogP contribution in [-0.2, 0) is 0 Å². The van der Waals surface area contributed by atoms with E-state index in [1.54, 1.807) is 0 Å². The third-order valence-corrected chi connectivity index (χ3v) is 2.56. The van der Waals surface area contributed by atoms with Crippen molar-refractivity contribution in [3.8, 4) is 0 Å². The van der Waals surface area contributed by atoms with Crippen molar-refractivity contribution in [2.45, 2.75) is 10.4 Å². The fourth-order valence-electron chi connectivity index (χ4n) is 0.605.